The van der Waals surface area contributed by atoms with Gasteiger partial charge in [-0.05, 0) is 42.8 Å². The number of fused-ring (bicyclic) bond motifs is 2. The van der Waals surface area contributed by atoms with E-state index < -0.39 is 5.66 Å². The Morgan fingerprint density at radius 1 is 1.22 bits per heavy atom. The van der Waals surface area contributed by atoms with Gasteiger partial charge >= 0.3 is 6.03 Å². The Hall–Kier alpha value is -2.24. The fourth-order valence-electron chi connectivity index (χ4n) is 3.08. The molecule has 0 bridgehead atoms. The van der Waals surface area contributed by atoms with Gasteiger partial charge in [0.25, 0.3) is 0 Å². The molecule has 2 aliphatic heterocycles. The predicted molar refractivity (Wildman–Crippen MR) is 88.6 cm³/mol. The van der Waals surface area contributed by atoms with Gasteiger partial charge in [0, 0.05) is 17.0 Å². The second-order valence-corrected chi connectivity index (χ2v) is 6.29. The number of amides is 2. The maximum absolute atomic E-state index is 12.5. The Labute approximate surface area is 139 Å². The molecule has 23 heavy (non-hydrogen) atoms. The summed E-state index contributed by atoms with van der Waals surface area (Å²) in [5, 5.41) is 5.22. The first-order valence-electron chi connectivity index (χ1n) is 7.47. The van der Waals surface area contributed by atoms with E-state index in [0.29, 0.717) is 18.1 Å². The van der Waals surface area contributed by atoms with E-state index >= 15 is 0 Å². The van der Waals surface area contributed by atoms with Crippen LogP contribution in [-0.4, -0.2) is 12.6 Å². The van der Waals surface area contributed by atoms with Gasteiger partial charge in [-0.15, -0.1) is 0 Å². The third-order valence-corrected chi connectivity index (χ3v) is 4.49. The van der Waals surface area contributed by atoms with Gasteiger partial charge in [0.15, 0.2) is 0 Å². The van der Waals surface area contributed by atoms with Crippen LogP contribution in [0.2, 0.25) is 5.02 Å². The molecule has 0 aromatic heterocycles. The lowest BCUT2D eigenvalue weighted by atomic mass is 9.93. The van der Waals surface area contributed by atoms with Crippen molar-refractivity contribution < 1.29 is 9.53 Å². The largest absolute Gasteiger partial charge is 0.493 e. The third kappa shape index (κ3) is 2.33. The Morgan fingerprint density at radius 2 is 2.00 bits per heavy atom. The number of benzene rings is 2. The Bertz CT molecular complexity index is 778. The van der Waals surface area contributed by atoms with E-state index in [1.54, 1.807) is 12.1 Å². The molecule has 6 heteroatoms. The topological polar surface area (TPSA) is 53.6 Å². The molecule has 1 unspecified atom stereocenters. The van der Waals surface area contributed by atoms with E-state index in [9.17, 15) is 4.79 Å². The highest BCUT2D eigenvalue weighted by Crippen LogP contribution is 2.39. The SMILES string of the molecule is Cc1ccc2c(c1)OCCC21NC(=O)N(c2ccc(Cl)cc2)N1. The standard InChI is InChI=1S/C17H16ClN3O2/c1-11-2-7-14-15(10-11)23-9-8-17(14)19-16(22)21(20-17)13-5-3-12(18)4-6-13/h2-7,10,20H,8-9H2,1H3,(H,19,22). The van der Waals surface area contributed by atoms with Crippen LogP contribution in [0.5, 0.6) is 5.75 Å². The molecule has 2 aromatic carbocycles. The highest BCUT2D eigenvalue weighted by atomic mass is 35.5. The summed E-state index contributed by atoms with van der Waals surface area (Å²) in [5.41, 5.74) is 5.48. The summed E-state index contributed by atoms with van der Waals surface area (Å²) in [4.78, 5) is 12.5. The second kappa shape index (κ2) is 5.15. The van der Waals surface area contributed by atoms with E-state index in [0.717, 1.165) is 22.6 Å². The number of halogens is 1. The van der Waals surface area contributed by atoms with Gasteiger partial charge in [0.2, 0.25) is 0 Å². The predicted octanol–water partition coefficient (Wildman–Crippen LogP) is 3.32. The maximum atomic E-state index is 12.5. The summed E-state index contributed by atoms with van der Waals surface area (Å²) in [6, 6.07) is 13.0. The lowest BCUT2D eigenvalue weighted by molar-refractivity contribution is 0.182. The lowest BCUT2D eigenvalue weighted by Crippen LogP contribution is -2.51. The summed E-state index contributed by atoms with van der Waals surface area (Å²) in [7, 11) is 0. The Morgan fingerprint density at radius 3 is 2.78 bits per heavy atom. The molecule has 5 nitrogen and oxygen atoms in total. The van der Waals surface area contributed by atoms with Crippen molar-refractivity contribution in [2.75, 3.05) is 11.6 Å². The molecule has 0 radical (unpaired) electrons. The van der Waals surface area contributed by atoms with Crippen molar-refractivity contribution in [3.8, 4) is 5.75 Å². The first kappa shape index (κ1) is 14.4. The van der Waals surface area contributed by atoms with Gasteiger partial charge in [-0.2, -0.15) is 5.43 Å². The number of nitrogens with zero attached hydrogens (tertiary/aromatic N) is 1. The molecule has 0 saturated carbocycles. The summed E-state index contributed by atoms with van der Waals surface area (Å²) in [5.74, 6) is 0.807. The Balaban J connectivity index is 1.72. The molecule has 2 N–H and O–H groups in total. The second-order valence-electron chi connectivity index (χ2n) is 5.86. The number of rotatable bonds is 1. The molecule has 2 aliphatic rings. The number of carbonyl (C=O) groups is 1. The van der Waals surface area contributed by atoms with Gasteiger partial charge in [-0.1, -0.05) is 23.7 Å². The summed E-state index contributed by atoms with van der Waals surface area (Å²) < 4.78 is 5.76. The van der Waals surface area contributed by atoms with Crippen molar-refractivity contribution in [1.82, 2.24) is 10.7 Å². The number of nitrogens with one attached hydrogen (secondary N) is 2. The molecular formula is C17H16ClN3O2. The number of anilines is 1. The number of hydrazine groups is 1. The van der Waals surface area contributed by atoms with Crippen molar-refractivity contribution in [3.05, 3.63) is 58.6 Å². The molecule has 118 valence electrons. The zero-order chi connectivity index (χ0) is 16.0. The van der Waals surface area contributed by atoms with Crippen LogP contribution in [0.1, 0.15) is 17.5 Å². The number of hydrogen-bond acceptors (Lipinski definition) is 3. The van der Waals surface area contributed by atoms with Crippen molar-refractivity contribution in [2.24, 2.45) is 0 Å². The van der Waals surface area contributed by atoms with Crippen LogP contribution in [0.25, 0.3) is 0 Å². The van der Waals surface area contributed by atoms with Crippen molar-refractivity contribution in [1.29, 1.82) is 0 Å². The monoisotopic (exact) mass is 329 g/mol. The lowest BCUT2D eigenvalue weighted by Gasteiger charge is -2.35. The van der Waals surface area contributed by atoms with Crippen LogP contribution in [0.3, 0.4) is 0 Å². The van der Waals surface area contributed by atoms with Gasteiger partial charge < -0.3 is 10.1 Å². The first-order valence-corrected chi connectivity index (χ1v) is 7.85. The van der Waals surface area contributed by atoms with Crippen molar-refractivity contribution in [3.63, 3.8) is 0 Å². The average molecular weight is 330 g/mol. The van der Waals surface area contributed by atoms with E-state index in [1.807, 2.05) is 37.3 Å². The number of aryl methyl sites for hydroxylation is 1. The summed E-state index contributed by atoms with van der Waals surface area (Å²) in [6.45, 7) is 2.56. The molecule has 0 aliphatic carbocycles. The fraction of sp³-hybridized carbons (Fsp3) is 0.235. The number of carbonyl (C=O) groups excluding carboxylic acids is 1. The molecule has 1 spiro atoms. The van der Waals surface area contributed by atoms with E-state index in [4.69, 9.17) is 16.3 Å². The minimum absolute atomic E-state index is 0.194. The van der Waals surface area contributed by atoms with Crippen LogP contribution in [0, 0.1) is 6.92 Å². The van der Waals surface area contributed by atoms with E-state index in [-0.39, 0.29) is 6.03 Å². The van der Waals surface area contributed by atoms with E-state index in [1.165, 1.54) is 5.01 Å². The minimum atomic E-state index is -0.641. The molecule has 2 aromatic rings. The maximum Gasteiger partial charge on any atom is 0.338 e. The van der Waals surface area contributed by atoms with Crippen LogP contribution in [-0.2, 0) is 5.66 Å². The van der Waals surface area contributed by atoms with Crippen molar-refractivity contribution >= 4 is 23.3 Å². The zero-order valence-electron chi connectivity index (χ0n) is 12.6. The van der Waals surface area contributed by atoms with Crippen LogP contribution in [0.15, 0.2) is 42.5 Å². The first-order chi connectivity index (χ1) is 11.1. The highest BCUT2D eigenvalue weighted by molar-refractivity contribution is 6.30. The summed E-state index contributed by atoms with van der Waals surface area (Å²) >= 11 is 5.92. The van der Waals surface area contributed by atoms with Gasteiger partial charge in [0.05, 0.1) is 12.3 Å². The smallest absolute Gasteiger partial charge is 0.338 e. The van der Waals surface area contributed by atoms with Crippen molar-refractivity contribution in [2.45, 2.75) is 19.0 Å². The summed E-state index contributed by atoms with van der Waals surface area (Å²) in [6.07, 6.45) is 0.652. The molecule has 4 rings (SSSR count). The van der Waals surface area contributed by atoms with Gasteiger partial charge in [-0.25, -0.2) is 9.80 Å². The number of ether oxygens (including phenoxy) is 1. The quantitative estimate of drug-likeness (QED) is 0.844. The van der Waals surface area contributed by atoms with Crippen LogP contribution >= 0.6 is 11.6 Å². The molecule has 1 saturated heterocycles. The molecular weight excluding hydrogens is 314 g/mol. The average Bonchev–Trinajstić information content (AvgIpc) is 2.85. The molecule has 1 atom stereocenters. The molecule has 1 fully saturated rings. The van der Waals surface area contributed by atoms with Crippen LogP contribution < -0.4 is 20.5 Å². The normalized spacial score (nSPS) is 22.7. The van der Waals surface area contributed by atoms with E-state index in [2.05, 4.69) is 10.7 Å². The molecule has 2 amide bonds. The van der Waals surface area contributed by atoms with Gasteiger partial charge in [-0.3, -0.25) is 0 Å². The fourth-order valence-corrected chi connectivity index (χ4v) is 3.20. The number of urea groups is 1. The highest BCUT2D eigenvalue weighted by Gasteiger charge is 2.47. The molecule has 2 heterocycles. The number of hydrogen-bond donors (Lipinski definition) is 2. The Kier molecular flexibility index (Phi) is 3.21. The van der Waals surface area contributed by atoms with Gasteiger partial charge in [0.1, 0.15) is 11.4 Å². The van der Waals surface area contributed by atoms with Crippen LogP contribution in [0.4, 0.5) is 10.5 Å². The minimum Gasteiger partial charge on any atom is -0.493 e. The third-order valence-electron chi connectivity index (χ3n) is 4.24. The zero-order valence-corrected chi connectivity index (χ0v) is 13.4.